The predicted octanol–water partition coefficient (Wildman–Crippen LogP) is 3.03. The van der Waals surface area contributed by atoms with Crippen LogP contribution in [0.15, 0.2) is 60.7 Å². The highest BCUT2D eigenvalue weighted by Gasteiger charge is 2.66. The van der Waals surface area contributed by atoms with Crippen molar-refractivity contribution in [2.75, 3.05) is 0 Å². The SMILES string of the molecule is C[C@@H]1C(=O)N2C1[S@@](=O)C(C)(C)[C@@H]2C(=O)OC(c1ccccc1)c1ccccc1. The molecule has 0 bridgehead atoms. The Bertz CT molecular complexity index is 889. The summed E-state index contributed by atoms with van der Waals surface area (Å²) in [5.41, 5.74) is 1.69. The molecular formula is C22H23NO4S. The molecule has 28 heavy (non-hydrogen) atoms. The average Bonchev–Trinajstić information content (AvgIpc) is 2.91. The maximum Gasteiger partial charge on any atom is 0.331 e. The van der Waals surface area contributed by atoms with Crippen LogP contribution in [0, 0.1) is 5.92 Å². The van der Waals surface area contributed by atoms with Gasteiger partial charge in [-0.2, -0.15) is 0 Å². The van der Waals surface area contributed by atoms with E-state index in [1.165, 1.54) is 4.90 Å². The lowest BCUT2D eigenvalue weighted by Crippen LogP contribution is -2.62. The topological polar surface area (TPSA) is 63.7 Å². The van der Waals surface area contributed by atoms with Gasteiger partial charge in [0.05, 0.1) is 21.5 Å². The van der Waals surface area contributed by atoms with Gasteiger partial charge in [0.2, 0.25) is 5.91 Å². The highest BCUT2D eigenvalue weighted by molar-refractivity contribution is 7.87. The fourth-order valence-electron chi connectivity index (χ4n) is 4.12. The van der Waals surface area contributed by atoms with Crippen LogP contribution in [0.25, 0.3) is 0 Å². The van der Waals surface area contributed by atoms with Gasteiger partial charge < -0.3 is 9.64 Å². The fourth-order valence-corrected chi connectivity index (χ4v) is 6.09. The van der Waals surface area contributed by atoms with Gasteiger partial charge in [-0.3, -0.25) is 9.00 Å². The van der Waals surface area contributed by atoms with Crippen LogP contribution in [0.1, 0.15) is 38.0 Å². The van der Waals surface area contributed by atoms with Crippen molar-refractivity contribution >= 4 is 22.7 Å². The van der Waals surface area contributed by atoms with E-state index in [9.17, 15) is 13.8 Å². The van der Waals surface area contributed by atoms with Gasteiger partial charge in [0, 0.05) is 0 Å². The van der Waals surface area contributed by atoms with Crippen molar-refractivity contribution in [3.05, 3.63) is 71.8 Å². The highest BCUT2D eigenvalue weighted by atomic mass is 32.2. The number of benzene rings is 2. The van der Waals surface area contributed by atoms with Crippen LogP contribution in [0.5, 0.6) is 0 Å². The van der Waals surface area contributed by atoms with E-state index in [1.807, 2.05) is 60.7 Å². The number of ether oxygens (including phenoxy) is 1. The Balaban J connectivity index is 1.67. The summed E-state index contributed by atoms with van der Waals surface area (Å²) in [6.45, 7) is 5.31. The minimum atomic E-state index is -1.32. The number of hydrogen-bond donors (Lipinski definition) is 0. The first-order valence-electron chi connectivity index (χ1n) is 9.37. The molecule has 2 aromatic carbocycles. The Labute approximate surface area is 167 Å². The van der Waals surface area contributed by atoms with Crippen LogP contribution in [0.3, 0.4) is 0 Å². The zero-order valence-corrected chi connectivity index (χ0v) is 16.9. The largest absolute Gasteiger partial charge is 0.451 e. The predicted molar refractivity (Wildman–Crippen MR) is 107 cm³/mol. The number of β-lactam (4-membered cyclic amide) rings is 1. The number of carbonyl (C=O) groups excluding carboxylic acids is 2. The third-order valence-corrected chi connectivity index (χ3v) is 8.02. The first kappa shape index (κ1) is 18.9. The van der Waals surface area contributed by atoms with E-state index in [1.54, 1.807) is 20.8 Å². The van der Waals surface area contributed by atoms with E-state index < -0.39 is 39.0 Å². The molecule has 5 nitrogen and oxygen atoms in total. The number of nitrogens with zero attached hydrogens (tertiary/aromatic N) is 1. The molecule has 4 atom stereocenters. The van der Waals surface area contributed by atoms with Crippen molar-refractivity contribution in [1.29, 1.82) is 0 Å². The lowest BCUT2D eigenvalue weighted by molar-refractivity contribution is -0.168. The Morgan fingerprint density at radius 2 is 1.54 bits per heavy atom. The molecule has 6 heteroatoms. The quantitative estimate of drug-likeness (QED) is 0.588. The Hall–Kier alpha value is -2.47. The standard InChI is InChI=1S/C22H23NO4S/c1-14-19(24)23-18(22(2,3)28(26)20(14)23)21(25)27-17(15-10-6-4-7-11-15)16-12-8-5-9-13-16/h4-14,17-18,20H,1-3H3/t14-,18+,20?,28-/m1/s1. The molecule has 0 aliphatic carbocycles. The molecule has 0 N–H and O–H groups in total. The summed E-state index contributed by atoms with van der Waals surface area (Å²) >= 11 is 0. The molecule has 0 radical (unpaired) electrons. The van der Waals surface area contributed by atoms with Gasteiger partial charge in [0.15, 0.2) is 6.10 Å². The molecule has 1 unspecified atom stereocenters. The van der Waals surface area contributed by atoms with Gasteiger partial charge in [-0.1, -0.05) is 67.6 Å². The van der Waals surface area contributed by atoms with E-state index in [0.29, 0.717) is 0 Å². The van der Waals surface area contributed by atoms with Crippen molar-refractivity contribution in [1.82, 2.24) is 4.90 Å². The maximum atomic E-state index is 13.3. The first-order valence-corrected chi connectivity index (χ1v) is 10.6. The molecule has 146 valence electrons. The summed E-state index contributed by atoms with van der Waals surface area (Å²) in [5.74, 6) is -0.974. The molecule has 2 saturated heterocycles. The van der Waals surface area contributed by atoms with Crippen molar-refractivity contribution in [2.45, 2.75) is 43.0 Å². The number of rotatable bonds is 4. The zero-order valence-electron chi connectivity index (χ0n) is 16.1. The summed E-state index contributed by atoms with van der Waals surface area (Å²) in [6.07, 6.45) is -0.591. The van der Waals surface area contributed by atoms with Crippen molar-refractivity contribution in [2.24, 2.45) is 5.92 Å². The monoisotopic (exact) mass is 397 g/mol. The smallest absolute Gasteiger partial charge is 0.331 e. The first-order chi connectivity index (χ1) is 13.3. The average molecular weight is 397 g/mol. The van der Waals surface area contributed by atoms with Crippen LogP contribution in [0.2, 0.25) is 0 Å². The molecule has 2 aliphatic heterocycles. The Morgan fingerprint density at radius 1 is 1.04 bits per heavy atom. The number of esters is 1. The third-order valence-electron chi connectivity index (χ3n) is 5.68. The second-order valence-electron chi connectivity index (χ2n) is 7.87. The van der Waals surface area contributed by atoms with Crippen LogP contribution in [0.4, 0.5) is 0 Å². The van der Waals surface area contributed by atoms with Crippen molar-refractivity contribution in [3.8, 4) is 0 Å². The Kier molecular flexibility index (Phi) is 4.62. The normalized spacial score (nSPS) is 28.0. The Morgan fingerprint density at radius 3 is 2.04 bits per heavy atom. The highest BCUT2D eigenvalue weighted by Crippen LogP contribution is 2.46. The second-order valence-corrected chi connectivity index (χ2v) is 10.00. The maximum absolute atomic E-state index is 13.3. The second kappa shape index (κ2) is 6.85. The molecule has 2 aliphatic rings. The summed E-state index contributed by atoms with van der Waals surface area (Å²) in [4.78, 5) is 27.1. The number of fused-ring (bicyclic) bond motifs is 1. The van der Waals surface area contributed by atoms with Gasteiger partial charge in [0.1, 0.15) is 11.4 Å². The van der Waals surface area contributed by atoms with E-state index in [0.717, 1.165) is 11.1 Å². The van der Waals surface area contributed by atoms with Gasteiger partial charge in [-0.25, -0.2) is 4.79 Å². The van der Waals surface area contributed by atoms with Gasteiger partial charge in [-0.15, -0.1) is 0 Å². The van der Waals surface area contributed by atoms with E-state index in [4.69, 9.17) is 4.74 Å². The van der Waals surface area contributed by atoms with E-state index >= 15 is 0 Å². The molecule has 2 aromatic rings. The summed E-state index contributed by atoms with van der Waals surface area (Å²) in [7, 11) is -1.32. The van der Waals surface area contributed by atoms with Crippen LogP contribution in [-0.2, 0) is 25.1 Å². The van der Waals surface area contributed by atoms with Crippen molar-refractivity contribution < 1.29 is 18.5 Å². The molecule has 1 amide bonds. The lowest BCUT2D eigenvalue weighted by atomic mass is 9.93. The minimum Gasteiger partial charge on any atom is -0.451 e. The molecule has 2 heterocycles. The lowest BCUT2D eigenvalue weighted by Gasteiger charge is -2.42. The van der Waals surface area contributed by atoms with Crippen LogP contribution in [-0.4, -0.2) is 37.1 Å². The summed E-state index contributed by atoms with van der Waals surface area (Å²) in [5, 5.41) is -0.410. The molecule has 4 rings (SSSR count). The molecule has 2 fully saturated rings. The number of amides is 1. The minimum absolute atomic E-state index is 0.137. The van der Waals surface area contributed by atoms with Crippen LogP contribution >= 0.6 is 0 Å². The number of carbonyl (C=O) groups is 2. The van der Waals surface area contributed by atoms with E-state index in [2.05, 4.69) is 0 Å². The fraction of sp³-hybridized carbons (Fsp3) is 0.364. The van der Waals surface area contributed by atoms with Crippen molar-refractivity contribution in [3.63, 3.8) is 0 Å². The van der Waals surface area contributed by atoms with Crippen LogP contribution < -0.4 is 0 Å². The zero-order chi connectivity index (χ0) is 20.1. The van der Waals surface area contributed by atoms with Gasteiger partial charge in [-0.05, 0) is 25.0 Å². The van der Waals surface area contributed by atoms with Gasteiger partial charge in [0.25, 0.3) is 0 Å². The number of hydrogen-bond acceptors (Lipinski definition) is 4. The molecular weight excluding hydrogens is 374 g/mol. The summed E-state index contributed by atoms with van der Waals surface area (Å²) in [6, 6.07) is 18.2. The molecule has 0 spiro atoms. The van der Waals surface area contributed by atoms with Gasteiger partial charge >= 0.3 is 5.97 Å². The van der Waals surface area contributed by atoms with E-state index in [-0.39, 0.29) is 11.8 Å². The molecule has 0 aromatic heterocycles. The third kappa shape index (κ3) is 2.78. The molecule has 0 saturated carbocycles. The summed E-state index contributed by atoms with van der Waals surface area (Å²) < 4.78 is 18.0.